The van der Waals surface area contributed by atoms with Crippen molar-refractivity contribution in [2.24, 2.45) is 35.5 Å². The molecule has 0 radical (unpaired) electrons. The Morgan fingerprint density at radius 3 is 2.34 bits per heavy atom. The summed E-state index contributed by atoms with van der Waals surface area (Å²) < 4.78 is 39.4. The van der Waals surface area contributed by atoms with Crippen LogP contribution in [0.25, 0.3) is 0 Å². The highest BCUT2D eigenvalue weighted by Crippen LogP contribution is 2.55. The van der Waals surface area contributed by atoms with Gasteiger partial charge in [-0.2, -0.15) is 0 Å². The van der Waals surface area contributed by atoms with Gasteiger partial charge in [-0.25, -0.2) is 0 Å². The number of aliphatic hydroxyl groups is 3. The van der Waals surface area contributed by atoms with Gasteiger partial charge in [0, 0.05) is 37.7 Å². The number of carboxylic acid groups (broad SMARTS) is 1. The van der Waals surface area contributed by atoms with Crippen molar-refractivity contribution in [2.45, 2.75) is 172 Å². The third-order valence-electron chi connectivity index (χ3n) is 13.0. The maximum absolute atomic E-state index is 11.8. The van der Waals surface area contributed by atoms with Crippen LogP contribution < -0.4 is 0 Å². The first-order valence-corrected chi connectivity index (χ1v) is 18.1. The van der Waals surface area contributed by atoms with Crippen LogP contribution in [0.1, 0.15) is 107 Å². The van der Waals surface area contributed by atoms with E-state index in [-0.39, 0.29) is 54.0 Å². The van der Waals surface area contributed by atoms with Crippen LogP contribution in [-0.2, 0) is 33.2 Å². The van der Waals surface area contributed by atoms with Crippen molar-refractivity contribution in [1.29, 1.82) is 0 Å². The minimum Gasteiger partial charge on any atom is -0.481 e. The predicted octanol–water partition coefficient (Wildman–Crippen LogP) is 4.27. The highest BCUT2D eigenvalue weighted by atomic mass is 16.7. The predicted molar refractivity (Wildman–Crippen MR) is 172 cm³/mol. The van der Waals surface area contributed by atoms with Gasteiger partial charge in [0.1, 0.15) is 0 Å². The zero-order valence-corrected chi connectivity index (χ0v) is 30.0. The number of hydrogen-bond acceptors (Lipinski definition) is 10. The molecule has 0 bridgehead atoms. The zero-order valence-electron chi connectivity index (χ0n) is 30.0. The summed E-state index contributed by atoms with van der Waals surface area (Å²) in [4.78, 5) is 11.8. The average molecular weight is 671 g/mol. The molecule has 5 aliphatic rings. The molecule has 272 valence electrons. The van der Waals surface area contributed by atoms with E-state index in [9.17, 15) is 25.2 Å². The number of carboxylic acids is 1. The highest BCUT2D eigenvalue weighted by molar-refractivity contribution is 5.70. The molecule has 0 aliphatic carbocycles. The molecule has 47 heavy (non-hydrogen) atoms. The van der Waals surface area contributed by atoms with E-state index in [1.54, 1.807) is 6.92 Å². The van der Waals surface area contributed by atoms with E-state index >= 15 is 0 Å². The molecule has 0 aromatic heterocycles. The maximum Gasteiger partial charge on any atom is 0.308 e. The topological polar surface area (TPSA) is 153 Å². The van der Waals surface area contributed by atoms with E-state index in [0.29, 0.717) is 19.3 Å². The van der Waals surface area contributed by atoms with Gasteiger partial charge >= 0.3 is 5.97 Å². The fraction of sp³-hybridized carbons (Fsp3) is 0.972. The van der Waals surface area contributed by atoms with Crippen LogP contribution in [0.2, 0.25) is 0 Å². The van der Waals surface area contributed by atoms with Crippen LogP contribution in [0.15, 0.2) is 0 Å². The van der Waals surface area contributed by atoms with Crippen molar-refractivity contribution >= 4 is 5.97 Å². The lowest BCUT2D eigenvalue weighted by Gasteiger charge is -2.49. The van der Waals surface area contributed by atoms with Crippen molar-refractivity contribution in [2.75, 3.05) is 13.7 Å². The van der Waals surface area contributed by atoms with E-state index in [1.165, 1.54) is 7.11 Å². The first-order valence-electron chi connectivity index (χ1n) is 18.1. The van der Waals surface area contributed by atoms with Gasteiger partial charge in [-0.3, -0.25) is 4.79 Å². The van der Waals surface area contributed by atoms with E-state index in [0.717, 1.165) is 32.1 Å². The number of methoxy groups -OCH3 is 1. The number of carbonyl (C=O) groups is 1. The van der Waals surface area contributed by atoms with E-state index < -0.39 is 59.6 Å². The Labute approximate surface area is 281 Å². The summed E-state index contributed by atoms with van der Waals surface area (Å²) in [5.41, 5.74) is -1.15. The summed E-state index contributed by atoms with van der Waals surface area (Å²) in [6, 6.07) is 0. The molecule has 11 nitrogen and oxygen atoms in total. The van der Waals surface area contributed by atoms with Crippen molar-refractivity contribution in [3.63, 3.8) is 0 Å². The summed E-state index contributed by atoms with van der Waals surface area (Å²) in [5, 5.41) is 41.8. The summed E-state index contributed by atoms with van der Waals surface area (Å²) in [5.74, 6) is -4.52. The van der Waals surface area contributed by atoms with Gasteiger partial charge in [0.05, 0.1) is 66.5 Å². The minimum atomic E-state index is -1.56. The first-order chi connectivity index (χ1) is 22.0. The van der Waals surface area contributed by atoms with Gasteiger partial charge in [-0.1, -0.05) is 41.5 Å². The number of hydrogen-bond donors (Lipinski definition) is 4. The van der Waals surface area contributed by atoms with Gasteiger partial charge in [-0.15, -0.1) is 0 Å². The van der Waals surface area contributed by atoms with Crippen LogP contribution in [0, 0.1) is 35.5 Å². The second-order valence-electron chi connectivity index (χ2n) is 16.3. The Kier molecular flexibility index (Phi) is 10.9. The fourth-order valence-electron chi connectivity index (χ4n) is 9.91. The Hall–Kier alpha value is -0.890. The molecule has 0 saturated carbocycles. The van der Waals surface area contributed by atoms with Gasteiger partial charge < -0.3 is 48.8 Å². The lowest BCUT2D eigenvalue weighted by atomic mass is 9.78. The normalized spacial score (nSPS) is 50.9. The Balaban J connectivity index is 1.29. The summed E-state index contributed by atoms with van der Waals surface area (Å²) in [7, 11) is 1.52. The number of rotatable bonds is 10. The molecule has 5 aliphatic heterocycles. The molecular weight excluding hydrogens is 608 g/mol. The minimum absolute atomic E-state index is 0.153. The van der Waals surface area contributed by atoms with Gasteiger partial charge in [0.2, 0.25) is 0 Å². The number of aliphatic hydroxyl groups excluding tert-OH is 2. The average Bonchev–Trinajstić information content (AvgIpc) is 3.73. The molecule has 5 saturated heterocycles. The van der Waals surface area contributed by atoms with Gasteiger partial charge in [0.15, 0.2) is 11.6 Å². The van der Waals surface area contributed by atoms with Crippen molar-refractivity contribution in [3.05, 3.63) is 0 Å². The molecule has 5 fully saturated rings. The molecule has 5 rings (SSSR count). The van der Waals surface area contributed by atoms with Crippen molar-refractivity contribution in [3.8, 4) is 0 Å². The highest BCUT2D eigenvalue weighted by Gasteiger charge is 2.62. The molecule has 4 N–H and O–H groups in total. The second-order valence-corrected chi connectivity index (χ2v) is 16.3. The van der Waals surface area contributed by atoms with E-state index in [1.807, 2.05) is 20.8 Å². The number of aliphatic carboxylic acids is 1. The Morgan fingerprint density at radius 2 is 1.72 bits per heavy atom. The number of ether oxygens (including phenoxy) is 6. The quantitative estimate of drug-likeness (QED) is 0.264. The largest absolute Gasteiger partial charge is 0.481 e. The molecule has 0 amide bonds. The smallest absolute Gasteiger partial charge is 0.308 e. The third-order valence-corrected chi connectivity index (χ3v) is 13.0. The lowest BCUT2D eigenvalue weighted by Crippen LogP contribution is -2.57. The van der Waals surface area contributed by atoms with Crippen LogP contribution in [0.4, 0.5) is 0 Å². The summed E-state index contributed by atoms with van der Waals surface area (Å²) in [6.07, 6.45) is 2.99. The molecule has 0 aromatic rings. The Morgan fingerprint density at radius 1 is 1.02 bits per heavy atom. The van der Waals surface area contributed by atoms with Crippen LogP contribution in [0.3, 0.4) is 0 Å². The van der Waals surface area contributed by atoms with Crippen molar-refractivity contribution < 1.29 is 53.6 Å². The monoisotopic (exact) mass is 670 g/mol. The SMILES string of the molecule is CC[C@@]1([C@@H]2O[C@@H]([C@H]3O[C@@](O)(CO)C(C)CC3C)C[C@@H]2C)CC[C@H]([C@]2(C)CC[C@]3(C[C@H](O)[C@@H](C)[C@@H]([C@@H](C)[C@@H](OC)[C@H](C)C(=O)O)O3)O2)O1. The first kappa shape index (κ1) is 37.4. The summed E-state index contributed by atoms with van der Waals surface area (Å²) >= 11 is 0. The lowest BCUT2D eigenvalue weighted by molar-refractivity contribution is -0.336. The molecule has 5 heterocycles. The molecular formula is C36H62O11. The van der Waals surface area contributed by atoms with Gasteiger partial charge in [-0.05, 0) is 64.2 Å². The molecule has 2 unspecified atom stereocenters. The molecule has 11 heteroatoms. The summed E-state index contributed by atoms with van der Waals surface area (Å²) in [6.45, 7) is 15.6. The van der Waals surface area contributed by atoms with Crippen molar-refractivity contribution in [1.82, 2.24) is 0 Å². The zero-order chi connectivity index (χ0) is 34.7. The molecule has 1 spiro atoms. The van der Waals surface area contributed by atoms with E-state index in [4.69, 9.17) is 28.4 Å². The molecule has 17 atom stereocenters. The van der Waals surface area contributed by atoms with Gasteiger partial charge in [0.25, 0.3) is 0 Å². The standard InChI is InChI=1S/C36H62O11/c1-10-34(31-20(3)16-26(43-31)28-19(2)15-21(4)36(41,18-37)46-28)12-11-27(44-34)33(8)13-14-35(47-33)17-25(38)22(5)30(45-35)23(6)29(42-9)24(7)32(39)40/h19-31,37-38,41H,10-18H2,1-9H3,(H,39,40)/t19?,20-,21?,22+,23-,24-,25-,26+,27+,28-,29+,30-,31+,33-,34-,35+,36-/m0/s1. The fourth-order valence-corrected chi connectivity index (χ4v) is 9.91. The second kappa shape index (κ2) is 13.7. The third kappa shape index (κ3) is 6.67. The maximum atomic E-state index is 11.8. The van der Waals surface area contributed by atoms with Crippen LogP contribution >= 0.6 is 0 Å². The Bertz CT molecular complexity index is 1110. The molecule has 0 aromatic carbocycles. The van der Waals surface area contributed by atoms with E-state index in [2.05, 4.69) is 27.7 Å². The van der Waals surface area contributed by atoms with Crippen LogP contribution in [-0.4, -0.2) is 106 Å². The van der Waals surface area contributed by atoms with Crippen LogP contribution in [0.5, 0.6) is 0 Å².